The Balaban J connectivity index is 0.00000127. The quantitative estimate of drug-likeness (QED) is 0.540. The van der Waals surface area contributed by atoms with Crippen molar-refractivity contribution in [1.29, 1.82) is 0 Å². The molecule has 0 saturated carbocycles. The van der Waals surface area contributed by atoms with Crippen LogP contribution in [0.15, 0.2) is 22.7 Å². The summed E-state index contributed by atoms with van der Waals surface area (Å²) in [6.45, 7) is 7.64. The molecule has 1 saturated heterocycles. The maximum Gasteiger partial charge on any atom is 0.146 e. The molecule has 0 aliphatic carbocycles. The van der Waals surface area contributed by atoms with Crippen LogP contribution in [0.25, 0.3) is 0 Å². The van der Waals surface area contributed by atoms with Gasteiger partial charge in [0.1, 0.15) is 19.1 Å². The zero-order chi connectivity index (χ0) is 16.9. The van der Waals surface area contributed by atoms with Crippen molar-refractivity contribution in [2.24, 2.45) is 5.92 Å². The summed E-state index contributed by atoms with van der Waals surface area (Å²) in [5.74, 6) is 1.67. The second-order valence-electron chi connectivity index (χ2n) is 5.33. The molecule has 1 aliphatic rings. The van der Waals surface area contributed by atoms with Gasteiger partial charge in [-0.3, -0.25) is 0 Å². The fourth-order valence-electron chi connectivity index (χ4n) is 2.56. The van der Waals surface area contributed by atoms with E-state index < -0.39 is 0 Å². The summed E-state index contributed by atoms with van der Waals surface area (Å²) in [6, 6.07) is 6.39. The van der Waals surface area contributed by atoms with E-state index in [1.165, 1.54) is 18.4 Å². The monoisotopic (exact) mass is 387 g/mol. The Bertz CT molecular complexity index is 423. The number of piperidine rings is 1. The number of benzene rings is 1. The third-order valence-electron chi connectivity index (χ3n) is 3.67. The van der Waals surface area contributed by atoms with Crippen LogP contribution in [0.3, 0.4) is 0 Å². The van der Waals surface area contributed by atoms with E-state index in [9.17, 15) is 0 Å². The summed E-state index contributed by atoms with van der Waals surface area (Å²) in [7, 11) is 1.61. The first-order valence-corrected chi connectivity index (χ1v) is 9.27. The lowest BCUT2D eigenvalue weighted by molar-refractivity contribution is -0.0388. The number of methoxy groups -OCH3 is 1. The maximum atomic E-state index is 5.77. The Labute approximate surface area is 149 Å². The first kappa shape index (κ1) is 20.4. The smallest absolute Gasteiger partial charge is 0.146 e. The Morgan fingerprint density at radius 1 is 1.17 bits per heavy atom. The SMILES string of the molecule is CC.COCOCCOc1cc(CC2CCNCC2)ccc1Br. The Kier molecular flexibility index (Phi) is 11.3. The number of ether oxygens (including phenoxy) is 3. The van der Waals surface area contributed by atoms with Crippen molar-refractivity contribution >= 4 is 15.9 Å². The van der Waals surface area contributed by atoms with E-state index in [1.54, 1.807) is 7.11 Å². The number of hydrogen-bond acceptors (Lipinski definition) is 4. The van der Waals surface area contributed by atoms with Gasteiger partial charge in [-0.15, -0.1) is 0 Å². The van der Waals surface area contributed by atoms with E-state index in [1.807, 2.05) is 13.8 Å². The Hall–Kier alpha value is -0.620. The predicted molar refractivity (Wildman–Crippen MR) is 98.1 cm³/mol. The van der Waals surface area contributed by atoms with Gasteiger partial charge in [-0.1, -0.05) is 19.9 Å². The average Bonchev–Trinajstić information content (AvgIpc) is 2.60. The van der Waals surface area contributed by atoms with Gasteiger partial charge in [0.25, 0.3) is 0 Å². The van der Waals surface area contributed by atoms with Gasteiger partial charge < -0.3 is 19.5 Å². The van der Waals surface area contributed by atoms with Crippen LogP contribution in [0.2, 0.25) is 0 Å². The van der Waals surface area contributed by atoms with Crippen LogP contribution in [0.1, 0.15) is 32.3 Å². The van der Waals surface area contributed by atoms with Gasteiger partial charge in [-0.25, -0.2) is 0 Å². The normalized spacial score (nSPS) is 15.0. The molecule has 0 aromatic heterocycles. The highest BCUT2D eigenvalue weighted by atomic mass is 79.9. The highest BCUT2D eigenvalue weighted by Gasteiger charge is 2.14. The third kappa shape index (κ3) is 8.15. The summed E-state index contributed by atoms with van der Waals surface area (Å²) >= 11 is 3.54. The lowest BCUT2D eigenvalue weighted by Crippen LogP contribution is -2.28. The van der Waals surface area contributed by atoms with E-state index >= 15 is 0 Å². The number of hydrogen-bond donors (Lipinski definition) is 1. The van der Waals surface area contributed by atoms with Crippen LogP contribution >= 0.6 is 15.9 Å². The van der Waals surface area contributed by atoms with Gasteiger partial charge in [-0.05, 0) is 71.9 Å². The zero-order valence-electron chi connectivity index (χ0n) is 14.6. The third-order valence-corrected chi connectivity index (χ3v) is 4.32. The van der Waals surface area contributed by atoms with Crippen molar-refractivity contribution in [1.82, 2.24) is 5.32 Å². The lowest BCUT2D eigenvalue weighted by Gasteiger charge is -2.22. The molecule has 0 bridgehead atoms. The Morgan fingerprint density at radius 3 is 2.61 bits per heavy atom. The molecule has 0 spiro atoms. The topological polar surface area (TPSA) is 39.7 Å². The summed E-state index contributed by atoms with van der Waals surface area (Å²) in [5.41, 5.74) is 1.35. The molecule has 4 nitrogen and oxygen atoms in total. The molecule has 0 radical (unpaired) electrons. The molecule has 1 aliphatic heterocycles. The van der Waals surface area contributed by atoms with Gasteiger partial charge in [0.15, 0.2) is 0 Å². The first-order valence-electron chi connectivity index (χ1n) is 8.48. The summed E-state index contributed by atoms with van der Waals surface area (Å²) < 4.78 is 16.8. The lowest BCUT2D eigenvalue weighted by atomic mass is 9.91. The van der Waals surface area contributed by atoms with Crippen LogP contribution in [-0.4, -0.2) is 40.2 Å². The molecule has 1 N–H and O–H groups in total. The molecule has 132 valence electrons. The van der Waals surface area contributed by atoms with E-state index in [4.69, 9.17) is 14.2 Å². The second kappa shape index (κ2) is 12.8. The van der Waals surface area contributed by atoms with Crippen LogP contribution in [0, 0.1) is 5.92 Å². The van der Waals surface area contributed by atoms with Gasteiger partial charge >= 0.3 is 0 Å². The molecule has 23 heavy (non-hydrogen) atoms. The van der Waals surface area contributed by atoms with E-state index in [-0.39, 0.29) is 0 Å². The van der Waals surface area contributed by atoms with E-state index in [0.29, 0.717) is 20.0 Å². The predicted octanol–water partition coefficient (Wildman–Crippen LogP) is 4.02. The molecule has 2 rings (SSSR count). The van der Waals surface area contributed by atoms with Crippen molar-refractivity contribution in [2.45, 2.75) is 33.1 Å². The molecule has 0 amide bonds. The van der Waals surface area contributed by atoms with Gasteiger partial charge in [-0.2, -0.15) is 0 Å². The average molecular weight is 388 g/mol. The summed E-state index contributed by atoms with van der Waals surface area (Å²) in [4.78, 5) is 0. The second-order valence-corrected chi connectivity index (χ2v) is 6.18. The summed E-state index contributed by atoms with van der Waals surface area (Å²) in [6.07, 6.45) is 3.65. The molecule has 1 heterocycles. The van der Waals surface area contributed by atoms with Gasteiger partial charge in [0, 0.05) is 7.11 Å². The van der Waals surface area contributed by atoms with Gasteiger partial charge in [0.05, 0.1) is 11.1 Å². The van der Waals surface area contributed by atoms with Crippen LogP contribution in [-0.2, 0) is 15.9 Å². The van der Waals surface area contributed by atoms with E-state index in [0.717, 1.165) is 35.7 Å². The van der Waals surface area contributed by atoms with Crippen LogP contribution < -0.4 is 10.1 Å². The fourth-order valence-corrected chi connectivity index (χ4v) is 2.92. The highest BCUT2D eigenvalue weighted by Crippen LogP contribution is 2.28. The minimum Gasteiger partial charge on any atom is -0.490 e. The van der Waals surface area contributed by atoms with Crippen molar-refractivity contribution < 1.29 is 14.2 Å². The Morgan fingerprint density at radius 2 is 1.91 bits per heavy atom. The molecule has 1 aromatic rings. The van der Waals surface area contributed by atoms with Crippen molar-refractivity contribution in [3.05, 3.63) is 28.2 Å². The standard InChI is InChI=1S/C16H24BrNO3.C2H6/c1-19-12-20-8-9-21-16-11-14(2-3-15(16)17)10-13-4-6-18-7-5-13;1-2/h2-3,11,13,18H,4-10,12H2,1H3;1-2H3. The molecule has 5 heteroatoms. The molecule has 1 fully saturated rings. The minimum atomic E-state index is 0.306. The molecule has 1 aromatic carbocycles. The molecule has 0 atom stereocenters. The van der Waals surface area contributed by atoms with Crippen molar-refractivity contribution in [3.8, 4) is 5.75 Å². The minimum absolute atomic E-state index is 0.306. The number of rotatable bonds is 8. The maximum absolute atomic E-state index is 5.77. The molecule has 0 unspecified atom stereocenters. The molecular weight excluding hydrogens is 358 g/mol. The summed E-state index contributed by atoms with van der Waals surface area (Å²) in [5, 5.41) is 3.41. The molecular formula is C18H30BrNO3. The first-order chi connectivity index (χ1) is 11.3. The fraction of sp³-hybridized carbons (Fsp3) is 0.667. The number of halogens is 1. The van der Waals surface area contributed by atoms with Crippen molar-refractivity contribution in [2.75, 3.05) is 40.2 Å². The van der Waals surface area contributed by atoms with Crippen LogP contribution in [0.5, 0.6) is 5.75 Å². The van der Waals surface area contributed by atoms with Gasteiger partial charge in [0.2, 0.25) is 0 Å². The number of nitrogens with one attached hydrogen (secondary N) is 1. The van der Waals surface area contributed by atoms with Crippen molar-refractivity contribution in [3.63, 3.8) is 0 Å². The largest absolute Gasteiger partial charge is 0.490 e. The van der Waals surface area contributed by atoms with Crippen LogP contribution in [0.4, 0.5) is 0 Å². The highest BCUT2D eigenvalue weighted by molar-refractivity contribution is 9.10. The van der Waals surface area contributed by atoms with E-state index in [2.05, 4.69) is 39.4 Å². The zero-order valence-corrected chi connectivity index (χ0v) is 16.2.